The molecule has 0 amide bonds. The highest BCUT2D eigenvalue weighted by Crippen LogP contribution is 2.40. The van der Waals surface area contributed by atoms with Crippen LogP contribution in [0.3, 0.4) is 0 Å². The first-order valence-electron chi connectivity index (χ1n) is 8.86. The summed E-state index contributed by atoms with van der Waals surface area (Å²) in [6, 6.07) is -0.161. The van der Waals surface area contributed by atoms with Gasteiger partial charge in [-0.2, -0.15) is 9.40 Å². The van der Waals surface area contributed by atoms with E-state index in [1.807, 2.05) is 11.6 Å². The maximum atomic E-state index is 12.8. The second kappa shape index (κ2) is 6.51. The SMILES string of the molecule is CCCCS(=O)(=O)N1CCn2nc(C3CC3)nc2[C@@H]1CC(C)C. The molecule has 0 bridgehead atoms. The average molecular weight is 340 g/mol. The smallest absolute Gasteiger partial charge is 0.214 e. The van der Waals surface area contributed by atoms with Crippen molar-refractivity contribution in [3.63, 3.8) is 0 Å². The Bertz CT molecular complexity index is 649. The Labute approximate surface area is 139 Å². The summed E-state index contributed by atoms with van der Waals surface area (Å²) < 4.78 is 29.2. The van der Waals surface area contributed by atoms with Gasteiger partial charge < -0.3 is 0 Å². The maximum absolute atomic E-state index is 12.8. The van der Waals surface area contributed by atoms with Gasteiger partial charge in [-0.3, -0.25) is 0 Å². The molecular weight excluding hydrogens is 312 g/mol. The molecule has 130 valence electrons. The van der Waals surface area contributed by atoms with Gasteiger partial charge in [0, 0.05) is 12.5 Å². The zero-order valence-electron chi connectivity index (χ0n) is 14.4. The fourth-order valence-corrected chi connectivity index (χ4v) is 5.04. The van der Waals surface area contributed by atoms with E-state index in [2.05, 4.69) is 18.9 Å². The fraction of sp³-hybridized carbons (Fsp3) is 0.875. The van der Waals surface area contributed by atoms with Gasteiger partial charge in [0.15, 0.2) is 5.82 Å². The highest BCUT2D eigenvalue weighted by atomic mass is 32.2. The van der Waals surface area contributed by atoms with Crippen LogP contribution in [0.15, 0.2) is 0 Å². The topological polar surface area (TPSA) is 68.1 Å². The summed E-state index contributed by atoms with van der Waals surface area (Å²) in [5.74, 6) is 2.92. The van der Waals surface area contributed by atoms with Crippen molar-refractivity contribution in [1.82, 2.24) is 19.1 Å². The Morgan fingerprint density at radius 2 is 2.00 bits per heavy atom. The van der Waals surface area contributed by atoms with E-state index in [0.29, 0.717) is 31.3 Å². The van der Waals surface area contributed by atoms with Crippen molar-refractivity contribution < 1.29 is 8.42 Å². The second-order valence-electron chi connectivity index (χ2n) is 7.25. The van der Waals surface area contributed by atoms with Crippen LogP contribution in [0.4, 0.5) is 0 Å². The number of unbranched alkanes of at least 4 members (excludes halogenated alkanes) is 1. The van der Waals surface area contributed by atoms with Crippen LogP contribution >= 0.6 is 0 Å². The molecule has 7 heteroatoms. The average Bonchev–Trinajstić information content (AvgIpc) is 3.24. The predicted octanol–water partition coefficient (Wildman–Crippen LogP) is 2.69. The molecule has 0 unspecified atom stereocenters. The van der Waals surface area contributed by atoms with Gasteiger partial charge in [-0.1, -0.05) is 27.2 Å². The van der Waals surface area contributed by atoms with E-state index in [-0.39, 0.29) is 11.8 Å². The van der Waals surface area contributed by atoms with Gasteiger partial charge in [0.25, 0.3) is 0 Å². The Morgan fingerprint density at radius 1 is 1.26 bits per heavy atom. The number of rotatable bonds is 7. The normalized spacial score (nSPS) is 22.5. The molecule has 0 aromatic carbocycles. The van der Waals surface area contributed by atoms with Gasteiger partial charge in [-0.15, -0.1) is 0 Å². The van der Waals surface area contributed by atoms with E-state index in [4.69, 9.17) is 4.98 Å². The number of hydrogen-bond donors (Lipinski definition) is 0. The Morgan fingerprint density at radius 3 is 2.61 bits per heavy atom. The minimum absolute atomic E-state index is 0.161. The molecule has 0 spiro atoms. The van der Waals surface area contributed by atoms with E-state index in [1.54, 1.807) is 4.31 Å². The lowest BCUT2D eigenvalue weighted by atomic mass is 10.0. The second-order valence-corrected chi connectivity index (χ2v) is 9.29. The van der Waals surface area contributed by atoms with Crippen molar-refractivity contribution in [3.05, 3.63) is 11.6 Å². The first-order valence-corrected chi connectivity index (χ1v) is 10.5. The van der Waals surface area contributed by atoms with Crippen LogP contribution in [0.1, 0.15) is 76.5 Å². The molecule has 3 rings (SSSR count). The molecule has 1 aliphatic heterocycles. The quantitative estimate of drug-likeness (QED) is 0.765. The number of sulfonamides is 1. The van der Waals surface area contributed by atoms with Crippen LogP contribution in [0.5, 0.6) is 0 Å². The van der Waals surface area contributed by atoms with Crippen LogP contribution in [0.25, 0.3) is 0 Å². The molecule has 0 radical (unpaired) electrons. The summed E-state index contributed by atoms with van der Waals surface area (Å²) >= 11 is 0. The van der Waals surface area contributed by atoms with Crippen LogP contribution in [0, 0.1) is 5.92 Å². The van der Waals surface area contributed by atoms with Crippen molar-refractivity contribution in [3.8, 4) is 0 Å². The van der Waals surface area contributed by atoms with E-state index in [0.717, 1.165) is 37.3 Å². The van der Waals surface area contributed by atoms with Crippen molar-refractivity contribution in [2.24, 2.45) is 5.92 Å². The molecule has 0 saturated heterocycles. The highest BCUT2D eigenvalue weighted by molar-refractivity contribution is 7.89. The first kappa shape index (κ1) is 16.9. The lowest BCUT2D eigenvalue weighted by Gasteiger charge is -2.35. The standard InChI is InChI=1S/C16H28N4O2S/c1-4-5-10-23(21,22)20-9-8-19-16(14(20)11-12(2)3)17-15(18-19)13-6-7-13/h12-14H,4-11H2,1-3H3/t14-/m0/s1. The molecule has 1 aliphatic carbocycles. The number of nitrogens with zero attached hydrogens (tertiary/aromatic N) is 4. The molecule has 1 aromatic heterocycles. The molecule has 1 atom stereocenters. The van der Waals surface area contributed by atoms with Crippen LogP contribution in [-0.4, -0.2) is 39.8 Å². The molecule has 2 aliphatic rings. The molecule has 6 nitrogen and oxygen atoms in total. The summed E-state index contributed by atoms with van der Waals surface area (Å²) in [5.41, 5.74) is 0. The summed E-state index contributed by atoms with van der Waals surface area (Å²) in [4.78, 5) is 4.74. The maximum Gasteiger partial charge on any atom is 0.214 e. The van der Waals surface area contributed by atoms with Crippen LogP contribution in [-0.2, 0) is 16.6 Å². The van der Waals surface area contributed by atoms with Gasteiger partial charge in [0.05, 0.1) is 18.3 Å². The van der Waals surface area contributed by atoms with Gasteiger partial charge in [0.1, 0.15) is 5.82 Å². The minimum atomic E-state index is -3.23. The van der Waals surface area contributed by atoms with Crippen molar-refractivity contribution in [2.75, 3.05) is 12.3 Å². The van der Waals surface area contributed by atoms with Gasteiger partial charge in [-0.05, 0) is 31.6 Å². The van der Waals surface area contributed by atoms with E-state index >= 15 is 0 Å². The minimum Gasteiger partial charge on any atom is -0.247 e. The lowest BCUT2D eigenvalue weighted by molar-refractivity contribution is 0.222. The van der Waals surface area contributed by atoms with Crippen molar-refractivity contribution >= 4 is 10.0 Å². The molecule has 1 saturated carbocycles. The lowest BCUT2D eigenvalue weighted by Crippen LogP contribution is -2.44. The summed E-state index contributed by atoms with van der Waals surface area (Å²) in [6.07, 6.45) is 4.74. The Balaban J connectivity index is 1.90. The van der Waals surface area contributed by atoms with Crippen LogP contribution < -0.4 is 0 Å². The van der Waals surface area contributed by atoms with Crippen LogP contribution in [0.2, 0.25) is 0 Å². The van der Waals surface area contributed by atoms with E-state index in [9.17, 15) is 8.42 Å². The molecule has 23 heavy (non-hydrogen) atoms. The first-order chi connectivity index (χ1) is 10.9. The fourth-order valence-electron chi connectivity index (χ4n) is 3.22. The number of aromatic nitrogens is 3. The van der Waals surface area contributed by atoms with Crippen molar-refractivity contribution in [1.29, 1.82) is 0 Å². The molecule has 2 heterocycles. The highest BCUT2D eigenvalue weighted by Gasteiger charge is 2.39. The molecule has 1 fully saturated rings. The molecule has 1 aromatic rings. The largest absolute Gasteiger partial charge is 0.247 e. The zero-order valence-corrected chi connectivity index (χ0v) is 15.2. The van der Waals surface area contributed by atoms with Gasteiger partial charge in [0.2, 0.25) is 10.0 Å². The van der Waals surface area contributed by atoms with Crippen molar-refractivity contribution in [2.45, 2.75) is 71.4 Å². The van der Waals surface area contributed by atoms with E-state index in [1.165, 1.54) is 0 Å². The summed E-state index contributed by atoms with van der Waals surface area (Å²) in [6.45, 7) is 7.43. The summed E-state index contributed by atoms with van der Waals surface area (Å²) in [7, 11) is -3.23. The third kappa shape index (κ3) is 3.60. The summed E-state index contributed by atoms with van der Waals surface area (Å²) in [5, 5.41) is 4.63. The van der Waals surface area contributed by atoms with Gasteiger partial charge >= 0.3 is 0 Å². The monoisotopic (exact) mass is 340 g/mol. The Kier molecular flexibility index (Phi) is 4.78. The zero-order chi connectivity index (χ0) is 16.6. The Hall–Kier alpha value is -0.950. The molecular formula is C16H28N4O2S. The number of fused-ring (bicyclic) bond motifs is 1. The third-order valence-electron chi connectivity index (χ3n) is 4.64. The van der Waals surface area contributed by atoms with Gasteiger partial charge in [-0.25, -0.2) is 18.1 Å². The van der Waals surface area contributed by atoms with E-state index < -0.39 is 10.0 Å². The third-order valence-corrected chi connectivity index (χ3v) is 6.60. The molecule has 0 N–H and O–H groups in total. The number of hydrogen-bond acceptors (Lipinski definition) is 4. The predicted molar refractivity (Wildman–Crippen MR) is 89.6 cm³/mol.